The number of hydrogen-bond donors (Lipinski definition) is 3. The molecule has 9 heteroatoms. The Kier molecular flexibility index (Phi) is 42.6. The second kappa shape index (κ2) is 43.7. The number of aliphatic hydroxyl groups is 1. The Bertz CT molecular complexity index is 1130. The Hall–Kier alpha value is -1.54. The number of amides is 1. The molecule has 0 aromatic rings. The number of rotatable bonds is 46. The molecule has 0 aliphatic rings. The van der Waals surface area contributed by atoms with Gasteiger partial charge in [-0.15, -0.1) is 0 Å². The van der Waals surface area contributed by atoms with E-state index in [0.29, 0.717) is 17.4 Å². The SMILES string of the molecule is CC/C=C/CC/C=C/CC/C=C/C(O)C(COP(=O)(O)OCC[N+](C)(C)C)NC(=O)CCCCCCCCCCCCCCC/C=C\CCCCCCCCCCCCCC. The molecule has 0 saturated carbocycles. The van der Waals surface area contributed by atoms with Crippen molar-refractivity contribution in [2.75, 3.05) is 40.9 Å². The van der Waals surface area contributed by atoms with Crippen LogP contribution in [0.15, 0.2) is 48.6 Å². The zero-order valence-corrected chi connectivity index (χ0v) is 41.5. The molecule has 3 unspecified atom stereocenters. The normalized spacial score (nSPS) is 14.5. The van der Waals surface area contributed by atoms with Crippen LogP contribution in [0.3, 0.4) is 0 Å². The molecule has 0 aromatic heterocycles. The summed E-state index contributed by atoms with van der Waals surface area (Å²) in [7, 11) is 1.54. The van der Waals surface area contributed by atoms with Gasteiger partial charge in [-0.3, -0.25) is 13.8 Å². The van der Waals surface area contributed by atoms with Crippen LogP contribution in [0.25, 0.3) is 0 Å². The largest absolute Gasteiger partial charge is 0.472 e. The molecule has 3 N–H and O–H groups in total. The average Bonchev–Trinajstić information content (AvgIpc) is 3.21. The fraction of sp³-hybridized carbons (Fsp3) is 0.827. The summed E-state index contributed by atoms with van der Waals surface area (Å²) in [6.07, 6.45) is 56.6. The van der Waals surface area contributed by atoms with E-state index in [-0.39, 0.29) is 19.1 Å². The van der Waals surface area contributed by atoms with Crippen LogP contribution in [0, 0.1) is 0 Å². The molecule has 0 aliphatic carbocycles. The molecule has 0 heterocycles. The van der Waals surface area contributed by atoms with Crippen LogP contribution in [0.5, 0.6) is 0 Å². The van der Waals surface area contributed by atoms with Gasteiger partial charge < -0.3 is 19.8 Å². The number of nitrogens with zero attached hydrogens (tertiary/aromatic N) is 1. The highest BCUT2D eigenvalue weighted by molar-refractivity contribution is 7.47. The number of unbranched alkanes of at least 4 members (excludes halogenated alkanes) is 27. The van der Waals surface area contributed by atoms with Gasteiger partial charge in [-0.2, -0.15) is 0 Å². The molecule has 0 rings (SSSR count). The topological polar surface area (TPSA) is 105 Å². The van der Waals surface area contributed by atoms with Gasteiger partial charge in [-0.05, 0) is 64.2 Å². The first-order chi connectivity index (χ1) is 29.5. The summed E-state index contributed by atoms with van der Waals surface area (Å²) in [6, 6.07) is -0.868. The second-order valence-electron chi connectivity index (χ2n) is 18.5. The van der Waals surface area contributed by atoms with E-state index in [2.05, 4.69) is 55.6 Å². The van der Waals surface area contributed by atoms with Gasteiger partial charge in [0.1, 0.15) is 13.2 Å². The van der Waals surface area contributed by atoms with Crippen LogP contribution < -0.4 is 5.32 Å². The van der Waals surface area contributed by atoms with Gasteiger partial charge in [0.2, 0.25) is 5.91 Å². The first-order valence-electron chi connectivity index (χ1n) is 25.5. The standard InChI is InChI=1S/C52H99N2O6P/c1-6-8-10-12-14-16-18-19-20-21-22-23-24-25-26-27-28-29-30-31-32-33-34-35-36-38-40-42-44-46-52(56)53-50(49-60-61(57,58)59-48-47-54(3,4)5)51(55)45-43-41-39-37-17-15-13-11-9-7-2/h9,11,17,25-26,37,43,45,50-51,55H,6-8,10,12-16,18-24,27-36,38-42,44,46-49H2,1-5H3,(H-,53,56,57,58)/p+1/b11-9+,26-25-,37-17+,45-43+. The van der Waals surface area contributed by atoms with E-state index in [1.165, 1.54) is 154 Å². The first-order valence-corrected chi connectivity index (χ1v) is 27.0. The average molecular weight is 880 g/mol. The fourth-order valence-electron chi connectivity index (χ4n) is 7.25. The number of phosphoric ester groups is 1. The summed E-state index contributed by atoms with van der Waals surface area (Å²) < 4.78 is 23.5. The maximum Gasteiger partial charge on any atom is 0.472 e. The summed E-state index contributed by atoms with van der Waals surface area (Å²) in [5.74, 6) is -0.193. The Morgan fingerprint density at radius 2 is 0.951 bits per heavy atom. The van der Waals surface area contributed by atoms with Gasteiger partial charge in [0.15, 0.2) is 0 Å². The van der Waals surface area contributed by atoms with E-state index in [1.54, 1.807) is 6.08 Å². The second-order valence-corrected chi connectivity index (χ2v) is 19.9. The summed E-state index contributed by atoms with van der Waals surface area (Å²) in [6.45, 7) is 4.67. The predicted octanol–water partition coefficient (Wildman–Crippen LogP) is 14.8. The van der Waals surface area contributed by atoms with Crippen LogP contribution in [0.1, 0.15) is 226 Å². The minimum atomic E-state index is -4.35. The van der Waals surface area contributed by atoms with Crippen molar-refractivity contribution in [3.8, 4) is 0 Å². The van der Waals surface area contributed by atoms with E-state index in [9.17, 15) is 19.4 Å². The molecule has 0 radical (unpaired) electrons. The third-order valence-electron chi connectivity index (χ3n) is 11.3. The lowest BCUT2D eigenvalue weighted by Crippen LogP contribution is -2.45. The van der Waals surface area contributed by atoms with Gasteiger partial charge in [0.05, 0.1) is 39.9 Å². The van der Waals surface area contributed by atoms with E-state index in [0.717, 1.165) is 51.4 Å². The minimum absolute atomic E-state index is 0.0527. The lowest BCUT2D eigenvalue weighted by atomic mass is 10.0. The third kappa shape index (κ3) is 46.3. The Morgan fingerprint density at radius 3 is 1.39 bits per heavy atom. The molecule has 358 valence electrons. The summed E-state index contributed by atoms with van der Waals surface area (Å²) in [5.41, 5.74) is 0. The molecule has 0 spiro atoms. The molecule has 61 heavy (non-hydrogen) atoms. The summed E-state index contributed by atoms with van der Waals surface area (Å²) >= 11 is 0. The Morgan fingerprint density at radius 1 is 0.557 bits per heavy atom. The minimum Gasteiger partial charge on any atom is -0.387 e. The van der Waals surface area contributed by atoms with E-state index < -0.39 is 20.0 Å². The third-order valence-corrected chi connectivity index (χ3v) is 12.2. The number of phosphoric acid groups is 1. The van der Waals surface area contributed by atoms with E-state index in [1.807, 2.05) is 27.2 Å². The van der Waals surface area contributed by atoms with E-state index in [4.69, 9.17) is 9.05 Å². The first kappa shape index (κ1) is 59.5. The monoisotopic (exact) mass is 880 g/mol. The zero-order chi connectivity index (χ0) is 45.0. The van der Waals surface area contributed by atoms with Crippen molar-refractivity contribution in [1.29, 1.82) is 0 Å². The number of carbonyl (C=O) groups is 1. The van der Waals surface area contributed by atoms with Crippen molar-refractivity contribution in [2.45, 2.75) is 238 Å². The van der Waals surface area contributed by atoms with Gasteiger partial charge >= 0.3 is 7.82 Å². The van der Waals surface area contributed by atoms with Crippen molar-refractivity contribution < 1.29 is 32.9 Å². The highest BCUT2D eigenvalue weighted by Gasteiger charge is 2.27. The quantitative estimate of drug-likeness (QED) is 0.0243. The number of aliphatic hydroxyl groups excluding tert-OH is 1. The van der Waals surface area contributed by atoms with Crippen LogP contribution in [-0.4, -0.2) is 73.4 Å². The van der Waals surface area contributed by atoms with Gasteiger partial charge in [-0.1, -0.05) is 204 Å². The molecule has 0 aliphatic heterocycles. The van der Waals surface area contributed by atoms with Crippen LogP contribution in [-0.2, 0) is 18.4 Å². The van der Waals surface area contributed by atoms with Crippen LogP contribution >= 0.6 is 7.82 Å². The Labute approximate surface area is 378 Å². The number of quaternary nitrogens is 1. The molecular weight excluding hydrogens is 780 g/mol. The lowest BCUT2D eigenvalue weighted by molar-refractivity contribution is -0.870. The van der Waals surface area contributed by atoms with Gasteiger partial charge in [0, 0.05) is 6.42 Å². The van der Waals surface area contributed by atoms with Gasteiger partial charge in [0.25, 0.3) is 0 Å². The van der Waals surface area contributed by atoms with Crippen LogP contribution in [0.4, 0.5) is 0 Å². The van der Waals surface area contributed by atoms with Crippen molar-refractivity contribution in [1.82, 2.24) is 5.32 Å². The smallest absolute Gasteiger partial charge is 0.387 e. The molecule has 8 nitrogen and oxygen atoms in total. The van der Waals surface area contributed by atoms with Crippen molar-refractivity contribution >= 4 is 13.7 Å². The molecule has 3 atom stereocenters. The maximum atomic E-state index is 12.9. The van der Waals surface area contributed by atoms with Crippen molar-refractivity contribution in [2.24, 2.45) is 0 Å². The number of carbonyl (C=O) groups excluding carboxylic acids is 1. The summed E-state index contributed by atoms with van der Waals surface area (Å²) in [4.78, 5) is 23.1. The number of likely N-dealkylation sites (N-methyl/N-ethyl adjacent to an activating group) is 1. The highest BCUT2D eigenvalue weighted by Crippen LogP contribution is 2.43. The molecule has 0 aromatic carbocycles. The maximum absolute atomic E-state index is 12.9. The number of hydrogen-bond acceptors (Lipinski definition) is 5. The van der Waals surface area contributed by atoms with Crippen molar-refractivity contribution in [3.05, 3.63) is 48.6 Å². The van der Waals surface area contributed by atoms with Crippen LogP contribution in [0.2, 0.25) is 0 Å². The summed E-state index contributed by atoms with van der Waals surface area (Å²) in [5, 5.41) is 13.8. The van der Waals surface area contributed by atoms with Gasteiger partial charge in [-0.25, -0.2) is 4.57 Å². The van der Waals surface area contributed by atoms with Crippen molar-refractivity contribution in [3.63, 3.8) is 0 Å². The Balaban J connectivity index is 4.06. The molecule has 0 saturated heterocycles. The fourth-order valence-corrected chi connectivity index (χ4v) is 7.99. The lowest BCUT2D eigenvalue weighted by Gasteiger charge is -2.25. The molecule has 0 fully saturated rings. The number of allylic oxidation sites excluding steroid dienone is 7. The molecule has 0 bridgehead atoms. The van der Waals surface area contributed by atoms with E-state index >= 15 is 0 Å². The predicted molar refractivity (Wildman–Crippen MR) is 263 cm³/mol. The molecule has 1 amide bonds. The number of nitrogens with one attached hydrogen (secondary N) is 1. The zero-order valence-electron chi connectivity index (χ0n) is 40.7. The molecular formula is C52H100N2O6P+. The highest BCUT2D eigenvalue weighted by atomic mass is 31.2.